The molecule has 0 radical (unpaired) electrons. The monoisotopic (exact) mass is 339 g/mol. The zero-order valence-electron chi connectivity index (χ0n) is 14.6. The number of carbonyl (C=O) groups is 1. The molecule has 1 fully saturated rings. The number of carbonyl (C=O) groups excluding carboxylic acids is 1. The summed E-state index contributed by atoms with van der Waals surface area (Å²) in [5.41, 5.74) is 9.22. The van der Waals surface area contributed by atoms with E-state index >= 15 is 0 Å². The highest BCUT2D eigenvalue weighted by Gasteiger charge is 2.20. The number of ether oxygens (including phenoxy) is 1. The Morgan fingerprint density at radius 1 is 1.20 bits per heavy atom. The van der Waals surface area contributed by atoms with E-state index in [4.69, 9.17) is 10.5 Å². The Labute approximate surface area is 148 Å². The fourth-order valence-electron chi connectivity index (χ4n) is 3.35. The number of anilines is 2. The maximum absolute atomic E-state index is 12.2. The van der Waals surface area contributed by atoms with Crippen LogP contribution in [-0.4, -0.2) is 37.2 Å². The number of nitrogens with zero attached hydrogens (tertiary/aromatic N) is 1. The van der Waals surface area contributed by atoms with E-state index in [-0.39, 0.29) is 0 Å². The lowest BCUT2D eigenvalue weighted by atomic mass is 10.0. The largest absolute Gasteiger partial charge is 0.449 e. The number of benzene rings is 2. The number of para-hydroxylation sites is 2. The van der Waals surface area contributed by atoms with Crippen LogP contribution in [0.4, 0.5) is 16.2 Å². The first-order valence-electron chi connectivity index (χ1n) is 8.73. The fraction of sp³-hybridized carbons (Fsp3) is 0.350. The third-order valence-electron chi connectivity index (χ3n) is 4.77. The van der Waals surface area contributed by atoms with Crippen LogP contribution >= 0.6 is 0 Å². The minimum Gasteiger partial charge on any atom is -0.449 e. The van der Waals surface area contributed by atoms with Crippen LogP contribution in [-0.2, 0) is 4.74 Å². The van der Waals surface area contributed by atoms with Crippen LogP contribution in [0.3, 0.4) is 0 Å². The van der Waals surface area contributed by atoms with Gasteiger partial charge in [-0.2, -0.15) is 0 Å². The Hall–Kier alpha value is -2.53. The van der Waals surface area contributed by atoms with E-state index in [1.807, 2.05) is 48.5 Å². The van der Waals surface area contributed by atoms with Gasteiger partial charge < -0.3 is 15.4 Å². The molecule has 1 unspecified atom stereocenters. The number of hydrogen-bond donors (Lipinski definition) is 2. The summed E-state index contributed by atoms with van der Waals surface area (Å²) in [5.74, 6) is 0. The molecular weight excluding hydrogens is 314 g/mol. The van der Waals surface area contributed by atoms with E-state index in [0.717, 1.165) is 24.1 Å². The molecule has 0 spiro atoms. The molecule has 0 bridgehead atoms. The number of nitrogens with two attached hydrogens (primary N) is 1. The highest BCUT2D eigenvalue weighted by molar-refractivity contribution is 5.93. The maximum atomic E-state index is 12.2. The van der Waals surface area contributed by atoms with Gasteiger partial charge in [0.15, 0.2) is 0 Å². The van der Waals surface area contributed by atoms with Crippen LogP contribution in [0.1, 0.15) is 19.3 Å². The molecule has 1 aliphatic rings. The van der Waals surface area contributed by atoms with Crippen LogP contribution < -0.4 is 11.1 Å². The molecule has 1 atom stereocenters. The maximum Gasteiger partial charge on any atom is 0.411 e. The third kappa shape index (κ3) is 4.31. The molecule has 3 rings (SSSR count). The van der Waals surface area contributed by atoms with Crippen molar-refractivity contribution in [3.63, 3.8) is 0 Å². The van der Waals surface area contributed by atoms with Crippen LogP contribution in [0.5, 0.6) is 0 Å². The average molecular weight is 339 g/mol. The summed E-state index contributed by atoms with van der Waals surface area (Å²) in [5, 5.41) is 2.84. The van der Waals surface area contributed by atoms with Gasteiger partial charge in [-0.05, 0) is 45.0 Å². The Balaban J connectivity index is 1.61. The summed E-state index contributed by atoms with van der Waals surface area (Å²) < 4.78 is 5.37. The van der Waals surface area contributed by atoms with Crippen LogP contribution in [0.2, 0.25) is 0 Å². The van der Waals surface area contributed by atoms with Gasteiger partial charge in [0.2, 0.25) is 0 Å². The van der Waals surface area contributed by atoms with E-state index in [1.165, 1.54) is 12.8 Å². The van der Waals surface area contributed by atoms with E-state index in [1.54, 1.807) is 0 Å². The average Bonchev–Trinajstić information content (AvgIpc) is 3.01. The number of rotatable bonds is 5. The molecule has 132 valence electrons. The second kappa shape index (κ2) is 8.03. The zero-order valence-corrected chi connectivity index (χ0v) is 14.6. The van der Waals surface area contributed by atoms with Gasteiger partial charge in [0.25, 0.3) is 0 Å². The second-order valence-electron chi connectivity index (χ2n) is 6.46. The fourth-order valence-corrected chi connectivity index (χ4v) is 3.35. The first kappa shape index (κ1) is 17.3. The van der Waals surface area contributed by atoms with Gasteiger partial charge in [-0.15, -0.1) is 0 Å². The Morgan fingerprint density at radius 3 is 2.64 bits per heavy atom. The van der Waals surface area contributed by atoms with Crippen LogP contribution in [0.15, 0.2) is 48.5 Å². The number of nitrogens with one attached hydrogen (secondary N) is 1. The number of hydrogen-bond acceptors (Lipinski definition) is 4. The Morgan fingerprint density at radius 2 is 1.92 bits per heavy atom. The second-order valence-corrected chi connectivity index (χ2v) is 6.46. The minimum absolute atomic E-state index is 0.427. The van der Waals surface area contributed by atoms with Crippen molar-refractivity contribution in [2.24, 2.45) is 0 Å². The van der Waals surface area contributed by atoms with E-state index in [2.05, 4.69) is 17.3 Å². The molecule has 3 N–H and O–H groups in total. The molecule has 25 heavy (non-hydrogen) atoms. The van der Waals surface area contributed by atoms with Crippen molar-refractivity contribution in [1.82, 2.24) is 4.90 Å². The number of likely N-dealkylation sites (tertiary alicyclic amines) is 1. The highest BCUT2D eigenvalue weighted by Crippen LogP contribution is 2.31. The standard InChI is InChI=1S/C20H25N3O2/c1-23-13-6-7-15(23)12-14-25-20(24)22-19-11-5-3-9-17(19)16-8-2-4-10-18(16)21/h2-5,8-11,15H,6-7,12-14,21H2,1H3,(H,22,24). The highest BCUT2D eigenvalue weighted by atomic mass is 16.5. The summed E-state index contributed by atoms with van der Waals surface area (Å²) >= 11 is 0. The first-order chi connectivity index (χ1) is 12.1. The molecule has 5 nitrogen and oxygen atoms in total. The molecule has 2 aromatic carbocycles. The van der Waals surface area contributed by atoms with E-state index in [9.17, 15) is 4.79 Å². The van der Waals surface area contributed by atoms with E-state index < -0.39 is 6.09 Å². The van der Waals surface area contributed by atoms with Gasteiger partial charge >= 0.3 is 6.09 Å². The molecule has 5 heteroatoms. The first-order valence-corrected chi connectivity index (χ1v) is 8.73. The summed E-state index contributed by atoms with van der Waals surface area (Å²) in [6, 6.07) is 15.7. The molecule has 1 amide bonds. The molecule has 0 aromatic heterocycles. The van der Waals surface area contributed by atoms with Crippen molar-refractivity contribution in [2.75, 3.05) is 31.2 Å². The molecule has 1 saturated heterocycles. The Bertz CT molecular complexity index is 732. The predicted molar refractivity (Wildman–Crippen MR) is 102 cm³/mol. The van der Waals surface area contributed by atoms with Crippen LogP contribution in [0.25, 0.3) is 11.1 Å². The third-order valence-corrected chi connectivity index (χ3v) is 4.77. The van der Waals surface area contributed by atoms with Crippen molar-refractivity contribution in [2.45, 2.75) is 25.3 Å². The van der Waals surface area contributed by atoms with Crippen LogP contribution in [0, 0.1) is 0 Å². The van der Waals surface area contributed by atoms with Crippen molar-refractivity contribution >= 4 is 17.5 Å². The number of amides is 1. The molecule has 0 aliphatic carbocycles. The topological polar surface area (TPSA) is 67.6 Å². The van der Waals surface area contributed by atoms with Gasteiger partial charge in [0.1, 0.15) is 0 Å². The van der Waals surface area contributed by atoms with Gasteiger partial charge in [0.05, 0.1) is 12.3 Å². The number of nitrogen functional groups attached to an aromatic ring is 1. The van der Waals surface area contributed by atoms with E-state index in [0.29, 0.717) is 24.0 Å². The molecule has 1 aliphatic heterocycles. The van der Waals surface area contributed by atoms with Crippen molar-refractivity contribution < 1.29 is 9.53 Å². The predicted octanol–water partition coefficient (Wildman–Crippen LogP) is 3.97. The lowest BCUT2D eigenvalue weighted by molar-refractivity contribution is 0.147. The SMILES string of the molecule is CN1CCCC1CCOC(=O)Nc1ccccc1-c1ccccc1N. The Kier molecular flexibility index (Phi) is 5.56. The quantitative estimate of drug-likeness (QED) is 0.809. The molecule has 2 aromatic rings. The summed E-state index contributed by atoms with van der Waals surface area (Å²) in [4.78, 5) is 14.5. The van der Waals surface area contributed by atoms with Gasteiger partial charge in [-0.1, -0.05) is 36.4 Å². The lowest BCUT2D eigenvalue weighted by Gasteiger charge is -2.19. The van der Waals surface area contributed by atoms with Gasteiger partial charge in [-0.25, -0.2) is 4.79 Å². The van der Waals surface area contributed by atoms with Crippen molar-refractivity contribution in [1.29, 1.82) is 0 Å². The normalized spacial score (nSPS) is 17.4. The molecular formula is C20H25N3O2. The van der Waals surface area contributed by atoms with Crippen molar-refractivity contribution in [3.05, 3.63) is 48.5 Å². The van der Waals surface area contributed by atoms with Crippen molar-refractivity contribution in [3.8, 4) is 11.1 Å². The molecule has 1 heterocycles. The minimum atomic E-state index is -0.428. The summed E-state index contributed by atoms with van der Waals surface area (Å²) in [6.07, 6.45) is 2.84. The summed E-state index contributed by atoms with van der Waals surface area (Å²) in [6.45, 7) is 1.55. The lowest BCUT2D eigenvalue weighted by Crippen LogP contribution is -2.27. The molecule has 0 saturated carbocycles. The smallest absolute Gasteiger partial charge is 0.411 e. The van der Waals surface area contributed by atoms with Gasteiger partial charge in [0, 0.05) is 22.9 Å². The summed E-state index contributed by atoms with van der Waals surface area (Å²) in [7, 11) is 2.12. The van der Waals surface area contributed by atoms with Gasteiger partial charge in [-0.3, -0.25) is 5.32 Å². The zero-order chi connectivity index (χ0) is 17.6.